The average Bonchev–Trinajstić information content (AvgIpc) is 3.32. The van der Waals surface area contributed by atoms with Crippen LogP contribution < -0.4 is 4.74 Å². The first-order chi connectivity index (χ1) is 15.1. The molecule has 0 saturated heterocycles. The van der Waals surface area contributed by atoms with Gasteiger partial charge in [0.1, 0.15) is 17.9 Å². The van der Waals surface area contributed by atoms with Gasteiger partial charge in [-0.2, -0.15) is 0 Å². The Kier molecular flexibility index (Phi) is 6.48. The van der Waals surface area contributed by atoms with Crippen LogP contribution >= 0.6 is 23.4 Å². The molecule has 0 fully saturated rings. The van der Waals surface area contributed by atoms with Crippen LogP contribution in [0.1, 0.15) is 28.9 Å². The van der Waals surface area contributed by atoms with Crippen molar-refractivity contribution in [3.8, 4) is 5.75 Å². The number of hydrogen-bond donors (Lipinski definition) is 0. The van der Waals surface area contributed by atoms with Crippen molar-refractivity contribution >= 4 is 40.3 Å². The Hall–Kier alpha value is -2.97. The number of nitrogens with zero attached hydrogens (tertiary/aromatic N) is 3. The van der Waals surface area contributed by atoms with Crippen LogP contribution in [0.2, 0.25) is 5.02 Å². The molecule has 4 aromatic rings. The third-order valence-electron chi connectivity index (χ3n) is 4.61. The second-order valence-corrected chi connectivity index (χ2v) is 7.99. The number of carbonyl (C=O) groups excluding carboxylic acids is 1. The Morgan fingerprint density at radius 3 is 2.71 bits per heavy atom. The number of fused-ring (bicyclic) bond motifs is 1. The molecule has 0 spiro atoms. The second-order valence-electron chi connectivity index (χ2n) is 6.62. The Balaban J connectivity index is 1.49. The van der Waals surface area contributed by atoms with Crippen LogP contribution in [0.4, 0.5) is 0 Å². The maximum Gasteiger partial charge on any atom is 0.374 e. The van der Waals surface area contributed by atoms with Gasteiger partial charge in [0.2, 0.25) is 5.76 Å². The van der Waals surface area contributed by atoms with Crippen molar-refractivity contribution in [2.24, 2.45) is 7.05 Å². The molecule has 0 bridgehead atoms. The van der Waals surface area contributed by atoms with Crippen LogP contribution in [-0.4, -0.2) is 27.3 Å². The van der Waals surface area contributed by atoms with Crippen LogP contribution in [0.3, 0.4) is 0 Å². The second kappa shape index (κ2) is 9.45. The topological polar surface area (TPSA) is 79.4 Å². The van der Waals surface area contributed by atoms with Gasteiger partial charge in [-0.05, 0) is 37.3 Å². The maximum absolute atomic E-state index is 12.4. The summed E-state index contributed by atoms with van der Waals surface area (Å²) in [4.78, 5) is 12.4. The van der Waals surface area contributed by atoms with E-state index in [-0.39, 0.29) is 19.0 Å². The van der Waals surface area contributed by atoms with Crippen molar-refractivity contribution in [3.05, 3.63) is 70.7 Å². The van der Waals surface area contributed by atoms with Gasteiger partial charge in [0.25, 0.3) is 0 Å². The van der Waals surface area contributed by atoms with Gasteiger partial charge in [-0.1, -0.05) is 41.6 Å². The molecule has 0 unspecified atom stereocenters. The van der Waals surface area contributed by atoms with Crippen LogP contribution in [0.15, 0.2) is 58.1 Å². The molecule has 0 atom stereocenters. The van der Waals surface area contributed by atoms with E-state index >= 15 is 0 Å². The lowest BCUT2D eigenvalue weighted by Crippen LogP contribution is -2.06. The van der Waals surface area contributed by atoms with Crippen molar-refractivity contribution in [1.29, 1.82) is 0 Å². The van der Waals surface area contributed by atoms with Crippen molar-refractivity contribution in [2.45, 2.75) is 24.4 Å². The zero-order chi connectivity index (χ0) is 21.8. The molecule has 2 aromatic carbocycles. The molecule has 2 aromatic heterocycles. The lowest BCUT2D eigenvalue weighted by atomic mass is 10.1. The molecule has 7 nitrogen and oxygen atoms in total. The summed E-state index contributed by atoms with van der Waals surface area (Å²) in [6.07, 6.45) is 0. The van der Waals surface area contributed by atoms with Gasteiger partial charge in [0.05, 0.1) is 6.61 Å². The first-order valence-electron chi connectivity index (χ1n) is 9.63. The van der Waals surface area contributed by atoms with E-state index in [0.29, 0.717) is 33.1 Å². The van der Waals surface area contributed by atoms with E-state index in [9.17, 15) is 4.79 Å². The molecule has 0 saturated carbocycles. The standard InChI is InChI=1S/C22H20ClN3O4S/c1-3-28-21(27)20-17(16-6-4-5-7-18(16)30-20)13-31-22-25-24-19(26(22)2)12-29-15-10-8-14(23)9-11-15/h4-11H,3,12-13H2,1-2H3. The number of halogens is 1. The van der Waals surface area contributed by atoms with Gasteiger partial charge in [-0.15, -0.1) is 10.2 Å². The molecular formula is C22H20ClN3O4S. The van der Waals surface area contributed by atoms with Gasteiger partial charge in [-0.25, -0.2) is 4.79 Å². The SMILES string of the molecule is CCOC(=O)c1oc2ccccc2c1CSc1nnc(COc2ccc(Cl)cc2)n1C. The van der Waals surface area contributed by atoms with Gasteiger partial charge in [0.15, 0.2) is 11.0 Å². The Morgan fingerprint density at radius 2 is 1.94 bits per heavy atom. The molecule has 9 heteroatoms. The third kappa shape index (κ3) is 4.70. The van der Waals surface area contributed by atoms with E-state index in [1.165, 1.54) is 11.8 Å². The number of hydrogen-bond acceptors (Lipinski definition) is 7. The van der Waals surface area contributed by atoms with E-state index in [1.54, 1.807) is 31.2 Å². The summed E-state index contributed by atoms with van der Waals surface area (Å²) in [5.74, 6) is 1.62. The maximum atomic E-state index is 12.4. The fourth-order valence-corrected chi connectivity index (χ4v) is 4.10. The zero-order valence-corrected chi connectivity index (χ0v) is 18.6. The number of esters is 1. The number of ether oxygens (including phenoxy) is 2. The number of benzene rings is 2. The minimum absolute atomic E-state index is 0.226. The predicted molar refractivity (Wildman–Crippen MR) is 119 cm³/mol. The number of furan rings is 1. The van der Waals surface area contributed by atoms with Crippen molar-refractivity contribution in [1.82, 2.24) is 14.8 Å². The molecule has 4 rings (SSSR count). The molecule has 0 N–H and O–H groups in total. The zero-order valence-electron chi connectivity index (χ0n) is 17.0. The highest BCUT2D eigenvalue weighted by molar-refractivity contribution is 7.98. The molecule has 0 radical (unpaired) electrons. The molecule has 2 heterocycles. The van der Waals surface area contributed by atoms with Crippen LogP contribution in [0.25, 0.3) is 11.0 Å². The highest BCUT2D eigenvalue weighted by Crippen LogP contribution is 2.32. The molecule has 0 aliphatic heterocycles. The van der Waals surface area contributed by atoms with Crippen LogP contribution in [0.5, 0.6) is 5.75 Å². The summed E-state index contributed by atoms with van der Waals surface area (Å²) in [7, 11) is 1.88. The number of aromatic nitrogens is 3. The van der Waals surface area contributed by atoms with Gasteiger partial charge in [0, 0.05) is 28.8 Å². The summed E-state index contributed by atoms with van der Waals surface area (Å²) < 4.78 is 18.6. The van der Waals surface area contributed by atoms with Crippen LogP contribution in [0, 0.1) is 0 Å². The number of rotatable bonds is 8. The smallest absolute Gasteiger partial charge is 0.374 e. The predicted octanol–water partition coefficient (Wildman–Crippen LogP) is 5.26. The highest BCUT2D eigenvalue weighted by Gasteiger charge is 2.22. The first-order valence-corrected chi connectivity index (χ1v) is 11.0. The lowest BCUT2D eigenvalue weighted by molar-refractivity contribution is 0.0491. The molecule has 160 valence electrons. The Bertz CT molecular complexity index is 1200. The molecule has 0 aliphatic rings. The largest absolute Gasteiger partial charge is 0.486 e. The molecular weight excluding hydrogens is 438 g/mol. The normalized spacial score (nSPS) is 11.1. The number of thioether (sulfide) groups is 1. The first kappa shape index (κ1) is 21.3. The lowest BCUT2D eigenvalue weighted by Gasteiger charge is -2.07. The van der Waals surface area contributed by atoms with Crippen molar-refractivity contribution in [2.75, 3.05) is 6.61 Å². The van der Waals surface area contributed by atoms with E-state index < -0.39 is 5.97 Å². The average molecular weight is 458 g/mol. The van der Waals surface area contributed by atoms with Crippen molar-refractivity contribution < 1.29 is 18.7 Å². The molecule has 0 amide bonds. The highest BCUT2D eigenvalue weighted by atomic mass is 35.5. The minimum Gasteiger partial charge on any atom is -0.486 e. The molecule has 0 aliphatic carbocycles. The van der Waals surface area contributed by atoms with Crippen LogP contribution in [-0.2, 0) is 24.1 Å². The number of carbonyl (C=O) groups is 1. The Morgan fingerprint density at radius 1 is 1.16 bits per heavy atom. The number of para-hydroxylation sites is 1. The summed E-state index contributed by atoms with van der Waals surface area (Å²) in [6, 6.07) is 14.7. The summed E-state index contributed by atoms with van der Waals surface area (Å²) in [6.45, 7) is 2.32. The Labute approximate surface area is 188 Å². The monoisotopic (exact) mass is 457 g/mol. The summed E-state index contributed by atoms with van der Waals surface area (Å²) >= 11 is 7.36. The van der Waals surface area contributed by atoms with E-state index in [4.69, 9.17) is 25.5 Å². The van der Waals surface area contributed by atoms with Gasteiger partial charge >= 0.3 is 5.97 Å². The fourth-order valence-electron chi connectivity index (χ4n) is 3.02. The van der Waals surface area contributed by atoms with E-state index in [2.05, 4.69) is 10.2 Å². The van der Waals surface area contributed by atoms with Crippen molar-refractivity contribution in [3.63, 3.8) is 0 Å². The summed E-state index contributed by atoms with van der Waals surface area (Å²) in [5.41, 5.74) is 1.43. The third-order valence-corrected chi connectivity index (χ3v) is 5.91. The van der Waals surface area contributed by atoms with E-state index in [0.717, 1.165) is 10.9 Å². The fraction of sp³-hybridized carbons (Fsp3) is 0.227. The quantitative estimate of drug-likeness (QED) is 0.263. The molecule has 31 heavy (non-hydrogen) atoms. The van der Waals surface area contributed by atoms with E-state index in [1.807, 2.05) is 35.9 Å². The minimum atomic E-state index is -0.468. The van der Waals surface area contributed by atoms with Gasteiger partial charge in [-0.3, -0.25) is 0 Å². The summed E-state index contributed by atoms with van der Waals surface area (Å²) in [5, 5.41) is 10.7. The van der Waals surface area contributed by atoms with Gasteiger partial charge < -0.3 is 18.5 Å².